The van der Waals surface area contributed by atoms with E-state index >= 15 is 0 Å². The van der Waals surface area contributed by atoms with Gasteiger partial charge in [-0.2, -0.15) is 0 Å². The van der Waals surface area contributed by atoms with Crippen molar-refractivity contribution in [3.8, 4) is 0 Å². The second-order valence-corrected chi connectivity index (χ2v) is 7.62. The minimum atomic E-state index is -0.0421. The second-order valence-electron chi connectivity index (χ2n) is 6.39. The molecule has 146 valence electrons. The van der Waals surface area contributed by atoms with Crippen LogP contribution in [0.5, 0.6) is 0 Å². The molecule has 0 bridgehead atoms. The van der Waals surface area contributed by atoms with E-state index in [1.54, 1.807) is 11.8 Å². The molecule has 0 saturated carbocycles. The van der Waals surface area contributed by atoms with Gasteiger partial charge in [0.2, 0.25) is 5.91 Å². The van der Waals surface area contributed by atoms with Crippen LogP contribution in [-0.4, -0.2) is 34.5 Å². The van der Waals surface area contributed by atoms with Crippen LogP contribution in [0.4, 0.5) is 10.8 Å². The predicted molar refractivity (Wildman–Crippen MR) is 118 cm³/mol. The molecule has 1 aromatic carbocycles. The first-order valence-electron chi connectivity index (χ1n) is 9.29. The number of anilines is 2. The molecular formula is C20H28N4OS2. The number of nitrogens with zero attached hydrogens (tertiary/aromatic N) is 3. The fourth-order valence-corrected chi connectivity index (χ4v) is 3.76. The van der Waals surface area contributed by atoms with Crippen molar-refractivity contribution in [3.63, 3.8) is 0 Å². The van der Waals surface area contributed by atoms with Crippen molar-refractivity contribution in [2.24, 2.45) is 0 Å². The van der Waals surface area contributed by atoms with E-state index in [2.05, 4.69) is 24.1 Å². The van der Waals surface area contributed by atoms with Crippen molar-refractivity contribution in [1.29, 1.82) is 0 Å². The molecule has 1 aromatic heterocycles. The van der Waals surface area contributed by atoms with E-state index in [4.69, 9.17) is 12.2 Å². The zero-order valence-corrected chi connectivity index (χ0v) is 18.1. The maximum absolute atomic E-state index is 12.3. The van der Waals surface area contributed by atoms with Crippen LogP contribution in [-0.2, 0) is 17.8 Å². The molecule has 0 atom stereocenters. The lowest BCUT2D eigenvalue weighted by atomic mass is 10.1. The van der Waals surface area contributed by atoms with Gasteiger partial charge >= 0.3 is 0 Å². The van der Waals surface area contributed by atoms with E-state index in [0.717, 1.165) is 47.9 Å². The number of carbonyl (C=O) groups is 1. The molecule has 27 heavy (non-hydrogen) atoms. The SMILES string of the molecule is CCCCN(C)C(=S)NCc1csc(N(C(C)=O)c2ccccc2CC)n1. The summed E-state index contributed by atoms with van der Waals surface area (Å²) in [6.07, 6.45) is 3.12. The number of para-hydroxylation sites is 1. The number of unbranched alkanes of at least 4 members (excludes halogenated alkanes) is 1. The Morgan fingerprint density at radius 2 is 2.04 bits per heavy atom. The van der Waals surface area contributed by atoms with Gasteiger partial charge in [0.15, 0.2) is 10.2 Å². The molecule has 1 N–H and O–H groups in total. The Balaban J connectivity index is 2.10. The lowest BCUT2D eigenvalue weighted by Gasteiger charge is -2.21. The van der Waals surface area contributed by atoms with Gasteiger partial charge in [-0.05, 0) is 36.7 Å². The highest BCUT2D eigenvalue weighted by Crippen LogP contribution is 2.31. The zero-order chi connectivity index (χ0) is 19.8. The standard InChI is InChI=1S/C20H28N4OS2/c1-5-7-12-23(4)19(26)21-13-17-14-27-20(22-17)24(15(3)25)18-11-9-8-10-16(18)6-2/h8-11,14H,5-7,12-13H2,1-4H3,(H,21,26). The molecule has 1 heterocycles. The number of carbonyl (C=O) groups excluding carboxylic acids is 1. The van der Waals surface area contributed by atoms with Crippen LogP contribution in [0.3, 0.4) is 0 Å². The lowest BCUT2D eigenvalue weighted by Crippen LogP contribution is -2.37. The molecule has 1 amide bonds. The average molecular weight is 405 g/mol. The van der Waals surface area contributed by atoms with Crippen molar-refractivity contribution in [3.05, 3.63) is 40.9 Å². The number of amides is 1. The van der Waals surface area contributed by atoms with Gasteiger partial charge in [0.25, 0.3) is 0 Å². The molecular weight excluding hydrogens is 376 g/mol. The van der Waals surface area contributed by atoms with Crippen LogP contribution in [0.2, 0.25) is 0 Å². The van der Waals surface area contributed by atoms with E-state index in [9.17, 15) is 4.79 Å². The van der Waals surface area contributed by atoms with E-state index in [-0.39, 0.29) is 5.91 Å². The van der Waals surface area contributed by atoms with Crippen LogP contribution < -0.4 is 10.2 Å². The summed E-state index contributed by atoms with van der Waals surface area (Å²) in [6, 6.07) is 7.96. The largest absolute Gasteiger partial charge is 0.357 e. The van der Waals surface area contributed by atoms with Gasteiger partial charge in [0.1, 0.15) is 0 Å². The third-order valence-electron chi connectivity index (χ3n) is 4.27. The maximum atomic E-state index is 12.3. The van der Waals surface area contributed by atoms with Crippen molar-refractivity contribution >= 4 is 45.4 Å². The lowest BCUT2D eigenvalue weighted by molar-refractivity contribution is -0.115. The highest BCUT2D eigenvalue weighted by atomic mass is 32.1. The summed E-state index contributed by atoms with van der Waals surface area (Å²) in [6.45, 7) is 7.32. The molecule has 0 saturated heterocycles. The van der Waals surface area contributed by atoms with Gasteiger partial charge in [0.05, 0.1) is 17.9 Å². The van der Waals surface area contributed by atoms with Gasteiger partial charge < -0.3 is 10.2 Å². The normalized spacial score (nSPS) is 10.5. The molecule has 2 aromatic rings. The van der Waals surface area contributed by atoms with Crippen LogP contribution >= 0.6 is 23.6 Å². The number of thiocarbonyl (C=S) groups is 1. The third-order valence-corrected chi connectivity index (χ3v) is 5.60. The number of nitrogens with one attached hydrogen (secondary N) is 1. The van der Waals surface area contributed by atoms with Crippen LogP contribution in [0.15, 0.2) is 29.6 Å². The molecule has 0 radical (unpaired) electrons. The van der Waals surface area contributed by atoms with Gasteiger partial charge in [-0.1, -0.05) is 38.5 Å². The predicted octanol–water partition coefficient (Wildman–Crippen LogP) is 4.50. The fraction of sp³-hybridized carbons (Fsp3) is 0.450. The summed E-state index contributed by atoms with van der Waals surface area (Å²) < 4.78 is 0. The average Bonchev–Trinajstić information content (AvgIpc) is 3.12. The molecule has 0 aliphatic rings. The van der Waals surface area contributed by atoms with Crippen molar-refractivity contribution in [2.45, 2.75) is 46.6 Å². The second kappa shape index (κ2) is 10.4. The minimum absolute atomic E-state index is 0.0421. The number of rotatable bonds is 8. The Morgan fingerprint density at radius 3 is 2.70 bits per heavy atom. The van der Waals surface area contributed by atoms with Crippen LogP contribution in [0.1, 0.15) is 44.9 Å². The summed E-state index contributed by atoms with van der Waals surface area (Å²) >= 11 is 6.90. The molecule has 0 unspecified atom stereocenters. The maximum Gasteiger partial charge on any atom is 0.230 e. The van der Waals surface area contributed by atoms with Gasteiger partial charge in [-0.15, -0.1) is 11.3 Å². The third kappa shape index (κ3) is 5.74. The first kappa shape index (κ1) is 21.3. The van der Waals surface area contributed by atoms with Crippen molar-refractivity contribution < 1.29 is 4.79 Å². The molecule has 7 heteroatoms. The first-order valence-corrected chi connectivity index (χ1v) is 10.6. The van der Waals surface area contributed by atoms with Crippen molar-refractivity contribution in [1.82, 2.24) is 15.2 Å². The fourth-order valence-electron chi connectivity index (χ4n) is 2.71. The summed E-state index contributed by atoms with van der Waals surface area (Å²) in [7, 11) is 2.00. The number of aromatic nitrogens is 1. The van der Waals surface area contributed by atoms with E-state index in [0.29, 0.717) is 11.7 Å². The summed E-state index contributed by atoms with van der Waals surface area (Å²) in [5, 5.41) is 6.63. The topological polar surface area (TPSA) is 48.5 Å². The summed E-state index contributed by atoms with van der Waals surface area (Å²) in [5.74, 6) is -0.0421. The number of thiazole rings is 1. The van der Waals surface area contributed by atoms with Gasteiger partial charge in [-0.25, -0.2) is 4.98 Å². The van der Waals surface area contributed by atoms with Crippen LogP contribution in [0.25, 0.3) is 0 Å². The Kier molecular flexibility index (Phi) is 8.19. The molecule has 0 aliphatic heterocycles. The summed E-state index contributed by atoms with van der Waals surface area (Å²) in [5.41, 5.74) is 2.90. The molecule has 0 fully saturated rings. The van der Waals surface area contributed by atoms with Gasteiger partial charge in [-0.3, -0.25) is 9.69 Å². The molecule has 5 nitrogen and oxygen atoms in total. The highest BCUT2D eigenvalue weighted by Gasteiger charge is 2.20. The summed E-state index contributed by atoms with van der Waals surface area (Å²) in [4.78, 5) is 20.7. The van der Waals surface area contributed by atoms with E-state index in [1.807, 2.05) is 41.6 Å². The Labute approximate surface area is 171 Å². The van der Waals surface area contributed by atoms with Crippen molar-refractivity contribution in [2.75, 3.05) is 18.5 Å². The Hall–Kier alpha value is -1.99. The molecule has 0 aliphatic carbocycles. The Morgan fingerprint density at radius 1 is 1.30 bits per heavy atom. The quantitative estimate of drug-likeness (QED) is 0.657. The van der Waals surface area contributed by atoms with Gasteiger partial charge in [0, 0.05) is 25.9 Å². The first-order chi connectivity index (χ1) is 13.0. The molecule has 0 spiro atoms. The number of hydrogen-bond acceptors (Lipinski definition) is 4. The highest BCUT2D eigenvalue weighted by molar-refractivity contribution is 7.80. The number of aryl methyl sites for hydroxylation is 1. The molecule has 2 rings (SSSR count). The number of benzene rings is 1. The number of hydrogen-bond donors (Lipinski definition) is 1. The zero-order valence-electron chi connectivity index (χ0n) is 16.5. The minimum Gasteiger partial charge on any atom is -0.357 e. The Bertz CT molecular complexity index is 775. The van der Waals surface area contributed by atoms with E-state index in [1.165, 1.54) is 11.3 Å². The van der Waals surface area contributed by atoms with E-state index < -0.39 is 0 Å². The van der Waals surface area contributed by atoms with Crippen LogP contribution in [0, 0.1) is 0 Å². The smallest absolute Gasteiger partial charge is 0.230 e. The monoisotopic (exact) mass is 404 g/mol.